The van der Waals surface area contributed by atoms with Crippen LogP contribution in [0, 0.1) is 0 Å². The van der Waals surface area contributed by atoms with E-state index < -0.39 is 0 Å². The fraction of sp³-hybridized carbons (Fsp3) is 0.556. The summed E-state index contributed by atoms with van der Waals surface area (Å²) in [6.07, 6.45) is 9.92. The van der Waals surface area contributed by atoms with Crippen LogP contribution in [0.5, 0.6) is 0 Å². The lowest BCUT2D eigenvalue weighted by Gasteiger charge is -2.24. The molecule has 3 rings (SSSR count). The lowest BCUT2D eigenvalue weighted by molar-refractivity contribution is 0.0950. The molecule has 1 aliphatic carbocycles. The third-order valence-corrected chi connectivity index (χ3v) is 4.43. The monoisotopic (exact) mass is 358 g/mol. The third kappa shape index (κ3) is 4.93. The predicted octanol–water partition coefficient (Wildman–Crippen LogP) is 2.96. The van der Waals surface area contributed by atoms with Crippen LogP contribution in [-0.4, -0.2) is 33.6 Å². The molecule has 26 heavy (non-hydrogen) atoms. The molecular weight excluding hydrogens is 332 g/mol. The van der Waals surface area contributed by atoms with Crippen molar-refractivity contribution in [3.63, 3.8) is 0 Å². The zero-order valence-corrected chi connectivity index (χ0v) is 15.1. The third-order valence-electron chi connectivity index (χ3n) is 4.43. The molecule has 0 aliphatic heterocycles. The molecule has 3 N–H and O–H groups in total. The largest absolute Gasteiger partial charge is 0.367 e. The van der Waals surface area contributed by atoms with E-state index in [4.69, 9.17) is 4.52 Å². The summed E-state index contributed by atoms with van der Waals surface area (Å²) >= 11 is 0. The Bertz CT molecular complexity index is 698. The van der Waals surface area contributed by atoms with E-state index in [1.165, 1.54) is 25.5 Å². The molecule has 1 fully saturated rings. The molecular formula is C18H26N6O2. The van der Waals surface area contributed by atoms with E-state index in [1.807, 2.05) is 0 Å². The van der Waals surface area contributed by atoms with E-state index in [0.717, 1.165) is 25.8 Å². The summed E-state index contributed by atoms with van der Waals surface area (Å²) < 4.78 is 4.78. The van der Waals surface area contributed by atoms with E-state index >= 15 is 0 Å². The number of rotatable bonds is 8. The van der Waals surface area contributed by atoms with Gasteiger partial charge in [0.15, 0.2) is 0 Å². The van der Waals surface area contributed by atoms with E-state index in [-0.39, 0.29) is 5.91 Å². The van der Waals surface area contributed by atoms with Crippen molar-refractivity contribution in [3.05, 3.63) is 29.8 Å². The second-order valence-electron chi connectivity index (χ2n) is 6.54. The van der Waals surface area contributed by atoms with Crippen molar-refractivity contribution >= 4 is 17.7 Å². The molecule has 2 aromatic heterocycles. The van der Waals surface area contributed by atoms with Gasteiger partial charge in [0.2, 0.25) is 5.95 Å². The normalized spacial score (nSPS) is 14.8. The summed E-state index contributed by atoms with van der Waals surface area (Å²) in [5.41, 5.74) is 1.11. The Balaban J connectivity index is 1.73. The van der Waals surface area contributed by atoms with Crippen molar-refractivity contribution in [1.82, 2.24) is 20.4 Å². The van der Waals surface area contributed by atoms with Crippen LogP contribution >= 0.6 is 0 Å². The van der Waals surface area contributed by atoms with Crippen LogP contribution in [0.25, 0.3) is 0 Å². The summed E-state index contributed by atoms with van der Waals surface area (Å²) in [5.74, 6) is 0.898. The van der Waals surface area contributed by atoms with Gasteiger partial charge in [0.25, 0.3) is 5.91 Å². The first-order chi connectivity index (χ1) is 12.8. The maximum Gasteiger partial charge on any atom is 0.256 e. The molecule has 2 heterocycles. The number of carbonyl (C=O) groups excluding carboxylic acids is 1. The van der Waals surface area contributed by atoms with Gasteiger partial charge >= 0.3 is 0 Å². The lowest BCUT2D eigenvalue weighted by Crippen LogP contribution is -2.28. The van der Waals surface area contributed by atoms with Crippen LogP contribution in [0.3, 0.4) is 0 Å². The first kappa shape index (κ1) is 18.2. The number of nitrogens with zero attached hydrogens (tertiary/aromatic N) is 3. The molecule has 0 saturated heterocycles. The fourth-order valence-corrected chi connectivity index (χ4v) is 3.02. The number of hydrogen-bond acceptors (Lipinski definition) is 7. The highest BCUT2D eigenvalue weighted by atomic mass is 16.5. The maximum absolute atomic E-state index is 12.6. The summed E-state index contributed by atoms with van der Waals surface area (Å²) in [5, 5.41) is 13.3. The van der Waals surface area contributed by atoms with Crippen LogP contribution in [-0.2, 0) is 6.54 Å². The predicted molar refractivity (Wildman–Crippen MR) is 99.0 cm³/mol. The summed E-state index contributed by atoms with van der Waals surface area (Å²) in [6.45, 7) is 3.18. The van der Waals surface area contributed by atoms with Crippen LogP contribution in [0.1, 0.15) is 61.5 Å². The number of hydrogen-bond donors (Lipinski definition) is 3. The Morgan fingerprint density at radius 1 is 1.31 bits per heavy atom. The zero-order valence-electron chi connectivity index (χ0n) is 15.1. The Morgan fingerprint density at radius 2 is 2.15 bits per heavy atom. The number of aromatic nitrogens is 3. The van der Waals surface area contributed by atoms with Gasteiger partial charge in [0, 0.05) is 24.8 Å². The standard InChI is InChI=1S/C18H26N6O2/c1-2-9-19-18-21-12-15(17(25)20-11-14-8-10-26-24-14)16(23-18)22-13-6-4-3-5-7-13/h8,10,12-13H,2-7,9,11H2,1H3,(H,20,25)(H2,19,21,22,23). The zero-order chi connectivity index (χ0) is 18.2. The number of amides is 1. The van der Waals surface area contributed by atoms with Gasteiger partial charge in [-0.3, -0.25) is 4.79 Å². The first-order valence-corrected chi connectivity index (χ1v) is 9.31. The average molecular weight is 358 g/mol. The van der Waals surface area contributed by atoms with Crippen molar-refractivity contribution in [2.75, 3.05) is 17.2 Å². The molecule has 0 bridgehead atoms. The van der Waals surface area contributed by atoms with Crippen molar-refractivity contribution in [2.45, 2.75) is 58.0 Å². The van der Waals surface area contributed by atoms with E-state index in [9.17, 15) is 4.79 Å². The summed E-state index contributed by atoms with van der Waals surface area (Å²) in [6, 6.07) is 2.06. The Labute approximate surface area is 153 Å². The van der Waals surface area contributed by atoms with Gasteiger partial charge in [0.05, 0.1) is 6.54 Å². The van der Waals surface area contributed by atoms with Gasteiger partial charge in [0.1, 0.15) is 23.3 Å². The van der Waals surface area contributed by atoms with Gasteiger partial charge in [-0.1, -0.05) is 31.3 Å². The van der Waals surface area contributed by atoms with Crippen molar-refractivity contribution < 1.29 is 9.32 Å². The number of nitrogens with one attached hydrogen (secondary N) is 3. The SMILES string of the molecule is CCCNc1ncc(C(=O)NCc2ccon2)c(NC2CCCCC2)n1. The molecule has 2 aromatic rings. The summed E-state index contributed by atoms with van der Waals surface area (Å²) in [4.78, 5) is 21.4. The van der Waals surface area contributed by atoms with Gasteiger partial charge in [-0.25, -0.2) is 4.98 Å². The van der Waals surface area contributed by atoms with Gasteiger partial charge in [-0.2, -0.15) is 4.98 Å². The highest BCUT2D eigenvalue weighted by molar-refractivity contribution is 5.98. The van der Waals surface area contributed by atoms with Gasteiger partial charge in [-0.15, -0.1) is 0 Å². The van der Waals surface area contributed by atoms with Crippen LogP contribution in [0.2, 0.25) is 0 Å². The highest BCUT2D eigenvalue weighted by Crippen LogP contribution is 2.23. The number of carbonyl (C=O) groups is 1. The van der Waals surface area contributed by atoms with Gasteiger partial charge < -0.3 is 20.5 Å². The van der Waals surface area contributed by atoms with Crippen molar-refractivity contribution in [2.24, 2.45) is 0 Å². The molecule has 8 heteroatoms. The van der Waals surface area contributed by atoms with E-state index in [0.29, 0.717) is 35.6 Å². The first-order valence-electron chi connectivity index (χ1n) is 9.31. The molecule has 0 atom stereocenters. The Morgan fingerprint density at radius 3 is 2.88 bits per heavy atom. The molecule has 0 unspecified atom stereocenters. The molecule has 8 nitrogen and oxygen atoms in total. The minimum atomic E-state index is -0.228. The second-order valence-corrected chi connectivity index (χ2v) is 6.54. The van der Waals surface area contributed by atoms with Crippen LogP contribution < -0.4 is 16.0 Å². The molecule has 1 amide bonds. The molecule has 0 radical (unpaired) electrons. The quantitative estimate of drug-likeness (QED) is 0.666. The molecule has 0 aromatic carbocycles. The van der Waals surface area contributed by atoms with E-state index in [1.54, 1.807) is 12.3 Å². The number of anilines is 2. The Kier molecular flexibility index (Phi) is 6.40. The van der Waals surface area contributed by atoms with E-state index in [2.05, 4.69) is 38.0 Å². The average Bonchev–Trinajstić information content (AvgIpc) is 3.19. The minimum Gasteiger partial charge on any atom is -0.367 e. The molecule has 0 spiro atoms. The fourth-order valence-electron chi connectivity index (χ4n) is 3.02. The van der Waals surface area contributed by atoms with Crippen LogP contribution in [0.4, 0.5) is 11.8 Å². The lowest BCUT2D eigenvalue weighted by atomic mass is 9.95. The summed E-state index contributed by atoms with van der Waals surface area (Å²) in [7, 11) is 0. The molecule has 1 saturated carbocycles. The maximum atomic E-state index is 12.6. The topological polar surface area (TPSA) is 105 Å². The highest BCUT2D eigenvalue weighted by Gasteiger charge is 2.19. The van der Waals surface area contributed by atoms with Gasteiger partial charge in [-0.05, 0) is 19.3 Å². The molecule has 140 valence electrons. The molecule has 1 aliphatic rings. The van der Waals surface area contributed by atoms with Crippen LogP contribution in [0.15, 0.2) is 23.0 Å². The second kappa shape index (κ2) is 9.17. The smallest absolute Gasteiger partial charge is 0.256 e. The van der Waals surface area contributed by atoms with Crippen molar-refractivity contribution in [1.29, 1.82) is 0 Å². The minimum absolute atomic E-state index is 0.228. The Hall–Kier alpha value is -2.64. The van der Waals surface area contributed by atoms with Crippen molar-refractivity contribution in [3.8, 4) is 0 Å².